The highest BCUT2D eigenvalue weighted by Crippen LogP contribution is 2.36. The second kappa shape index (κ2) is 9.56. The minimum atomic E-state index is -0.404. The molecule has 0 unspecified atom stereocenters. The first kappa shape index (κ1) is 20.2. The van der Waals surface area contributed by atoms with Gasteiger partial charge in [0.15, 0.2) is 6.61 Å². The summed E-state index contributed by atoms with van der Waals surface area (Å²) in [4.78, 5) is 11.9. The smallest absolute Gasteiger partial charge is 0.277 e. The normalized spacial score (nSPS) is 10.8. The van der Waals surface area contributed by atoms with E-state index in [-0.39, 0.29) is 6.61 Å². The van der Waals surface area contributed by atoms with E-state index < -0.39 is 5.91 Å². The quantitative estimate of drug-likeness (QED) is 0.396. The second-order valence-electron chi connectivity index (χ2n) is 4.67. The number of nitrogens with zero attached hydrogens (tertiary/aromatic N) is 1. The van der Waals surface area contributed by atoms with Crippen LogP contribution in [0.1, 0.15) is 5.56 Å². The van der Waals surface area contributed by atoms with Gasteiger partial charge in [-0.25, -0.2) is 5.43 Å². The molecule has 0 bridgehead atoms. The molecule has 0 heterocycles. The van der Waals surface area contributed by atoms with Crippen LogP contribution in [0.4, 0.5) is 0 Å². The second-order valence-corrected chi connectivity index (χ2v) is 7.73. The topological polar surface area (TPSA) is 59.9 Å². The fourth-order valence-electron chi connectivity index (χ4n) is 1.82. The maximum atomic E-state index is 11.9. The molecule has 0 radical (unpaired) electrons. The first-order valence-corrected chi connectivity index (χ1v) is 9.59. The summed E-state index contributed by atoms with van der Waals surface area (Å²) in [5, 5.41) is 4.43. The molecule has 1 N–H and O–H groups in total. The number of hydrogen-bond acceptors (Lipinski definition) is 4. The predicted molar refractivity (Wildman–Crippen MR) is 109 cm³/mol. The maximum Gasteiger partial charge on any atom is 0.277 e. The van der Waals surface area contributed by atoms with E-state index in [0.29, 0.717) is 31.0 Å². The molecule has 0 saturated carbocycles. The molecule has 0 aliphatic rings. The van der Waals surface area contributed by atoms with Gasteiger partial charge in [0.1, 0.15) is 11.5 Å². The highest BCUT2D eigenvalue weighted by molar-refractivity contribution is 9.11. The molecule has 0 aliphatic carbocycles. The van der Waals surface area contributed by atoms with Gasteiger partial charge < -0.3 is 9.47 Å². The lowest BCUT2D eigenvalue weighted by Crippen LogP contribution is -2.24. The van der Waals surface area contributed by atoms with Gasteiger partial charge in [0, 0.05) is 15.1 Å². The Hall–Kier alpha value is -1.09. The number of nitrogens with one attached hydrogen (secondary N) is 1. The van der Waals surface area contributed by atoms with Crippen molar-refractivity contribution in [2.75, 3.05) is 13.7 Å². The third kappa shape index (κ3) is 5.99. The summed E-state index contributed by atoms with van der Waals surface area (Å²) in [5.41, 5.74) is 3.04. The van der Waals surface area contributed by atoms with Crippen molar-refractivity contribution in [3.05, 3.63) is 54.3 Å². The summed E-state index contributed by atoms with van der Waals surface area (Å²) in [7, 11) is 1.54. The van der Waals surface area contributed by atoms with E-state index in [9.17, 15) is 4.79 Å². The van der Waals surface area contributed by atoms with Crippen LogP contribution >= 0.6 is 59.4 Å². The van der Waals surface area contributed by atoms with E-state index in [2.05, 4.69) is 58.3 Å². The van der Waals surface area contributed by atoms with Crippen LogP contribution in [0.5, 0.6) is 11.5 Å². The molecule has 0 atom stereocenters. The van der Waals surface area contributed by atoms with Gasteiger partial charge in [-0.3, -0.25) is 4.79 Å². The standard InChI is InChI=1S/C16H12Br3ClN2O3/c1-24-14-3-2-11(20)4-9(14)7-21-22-15(23)8-25-16-12(18)5-10(17)6-13(16)19/h2-7H,8H2,1H3,(H,22,23)/b21-7+. The zero-order valence-corrected chi connectivity index (χ0v) is 18.4. The first-order valence-electron chi connectivity index (χ1n) is 6.83. The molecule has 0 aliphatic heterocycles. The van der Waals surface area contributed by atoms with Gasteiger partial charge in [0.2, 0.25) is 0 Å². The van der Waals surface area contributed by atoms with Crippen LogP contribution in [0.25, 0.3) is 0 Å². The average molecular weight is 555 g/mol. The minimum absolute atomic E-state index is 0.192. The van der Waals surface area contributed by atoms with E-state index in [1.165, 1.54) is 6.21 Å². The number of benzene rings is 2. The Kier molecular flexibility index (Phi) is 7.74. The molecule has 132 valence electrons. The highest BCUT2D eigenvalue weighted by Gasteiger charge is 2.10. The molecule has 25 heavy (non-hydrogen) atoms. The van der Waals surface area contributed by atoms with Crippen molar-refractivity contribution in [2.45, 2.75) is 0 Å². The summed E-state index contributed by atoms with van der Waals surface area (Å²) in [5.74, 6) is 0.721. The lowest BCUT2D eigenvalue weighted by Gasteiger charge is -2.10. The van der Waals surface area contributed by atoms with E-state index in [4.69, 9.17) is 21.1 Å². The summed E-state index contributed by atoms with van der Waals surface area (Å²) in [6, 6.07) is 8.75. The average Bonchev–Trinajstić information content (AvgIpc) is 2.54. The van der Waals surface area contributed by atoms with Crippen molar-refractivity contribution in [1.82, 2.24) is 5.43 Å². The van der Waals surface area contributed by atoms with E-state index >= 15 is 0 Å². The van der Waals surface area contributed by atoms with E-state index in [1.807, 2.05) is 12.1 Å². The Bertz CT molecular complexity index is 792. The molecule has 2 rings (SSSR count). The number of hydrazone groups is 1. The third-order valence-electron chi connectivity index (χ3n) is 2.90. The first-order chi connectivity index (χ1) is 11.9. The summed E-state index contributed by atoms with van der Waals surface area (Å²) < 4.78 is 13.0. The lowest BCUT2D eigenvalue weighted by atomic mass is 10.2. The fourth-order valence-corrected chi connectivity index (χ4v) is 4.48. The molecule has 0 fully saturated rings. The van der Waals surface area contributed by atoms with Gasteiger partial charge in [0.05, 0.1) is 22.3 Å². The number of rotatable bonds is 6. The van der Waals surface area contributed by atoms with Crippen molar-refractivity contribution >= 4 is 71.5 Å². The van der Waals surface area contributed by atoms with Crippen molar-refractivity contribution in [2.24, 2.45) is 5.10 Å². The third-order valence-corrected chi connectivity index (χ3v) is 4.77. The molecule has 0 spiro atoms. The monoisotopic (exact) mass is 552 g/mol. The van der Waals surface area contributed by atoms with Crippen LogP contribution in [0.3, 0.4) is 0 Å². The number of hydrogen-bond donors (Lipinski definition) is 1. The summed E-state index contributed by atoms with van der Waals surface area (Å²) in [6.45, 7) is -0.192. The van der Waals surface area contributed by atoms with Crippen LogP contribution in [0, 0.1) is 0 Å². The molecular formula is C16H12Br3ClN2O3. The predicted octanol–water partition coefficient (Wildman–Crippen LogP) is 5.17. The Balaban J connectivity index is 1.94. The molecule has 5 nitrogen and oxygen atoms in total. The Labute approximate surface area is 175 Å². The molecular weight excluding hydrogens is 543 g/mol. The molecule has 9 heteroatoms. The minimum Gasteiger partial charge on any atom is -0.496 e. The van der Waals surface area contributed by atoms with Crippen LogP contribution < -0.4 is 14.9 Å². The number of ether oxygens (including phenoxy) is 2. The van der Waals surface area contributed by atoms with Crippen molar-refractivity contribution in [1.29, 1.82) is 0 Å². The van der Waals surface area contributed by atoms with Crippen LogP contribution in [0.15, 0.2) is 48.9 Å². The molecule has 2 aromatic rings. The van der Waals surface area contributed by atoms with Gasteiger partial charge in [-0.2, -0.15) is 5.10 Å². The van der Waals surface area contributed by atoms with Gasteiger partial charge in [0.25, 0.3) is 5.91 Å². The van der Waals surface area contributed by atoms with Crippen LogP contribution in [-0.2, 0) is 4.79 Å². The molecule has 2 aromatic carbocycles. The van der Waals surface area contributed by atoms with Crippen molar-refractivity contribution in [3.63, 3.8) is 0 Å². The van der Waals surface area contributed by atoms with Gasteiger partial charge in [-0.1, -0.05) is 27.5 Å². The van der Waals surface area contributed by atoms with Crippen LogP contribution in [-0.4, -0.2) is 25.8 Å². The van der Waals surface area contributed by atoms with Gasteiger partial charge in [-0.05, 0) is 62.2 Å². The number of carbonyl (C=O) groups excluding carboxylic acids is 1. The molecule has 0 saturated heterocycles. The Morgan fingerprint density at radius 1 is 1.24 bits per heavy atom. The number of carbonyl (C=O) groups is 1. The van der Waals surface area contributed by atoms with Crippen molar-refractivity contribution in [3.8, 4) is 11.5 Å². The molecule has 0 aromatic heterocycles. The number of halogens is 4. The van der Waals surface area contributed by atoms with Crippen LogP contribution in [0.2, 0.25) is 5.02 Å². The summed E-state index contributed by atoms with van der Waals surface area (Å²) in [6.07, 6.45) is 1.45. The SMILES string of the molecule is COc1ccc(Cl)cc1/C=N/NC(=O)COc1c(Br)cc(Br)cc1Br. The number of methoxy groups -OCH3 is 1. The Morgan fingerprint density at radius 3 is 2.56 bits per heavy atom. The summed E-state index contributed by atoms with van der Waals surface area (Å²) >= 11 is 16.1. The van der Waals surface area contributed by atoms with Crippen molar-refractivity contribution < 1.29 is 14.3 Å². The van der Waals surface area contributed by atoms with Gasteiger partial charge >= 0.3 is 0 Å². The van der Waals surface area contributed by atoms with E-state index in [0.717, 1.165) is 4.47 Å². The van der Waals surface area contributed by atoms with E-state index in [1.54, 1.807) is 25.3 Å². The zero-order valence-electron chi connectivity index (χ0n) is 12.9. The lowest BCUT2D eigenvalue weighted by molar-refractivity contribution is -0.123. The zero-order chi connectivity index (χ0) is 18.4. The fraction of sp³-hybridized carbons (Fsp3) is 0.125. The largest absolute Gasteiger partial charge is 0.496 e. The van der Waals surface area contributed by atoms with Gasteiger partial charge in [-0.15, -0.1) is 0 Å². The highest BCUT2D eigenvalue weighted by atomic mass is 79.9. The Morgan fingerprint density at radius 2 is 1.92 bits per heavy atom. The maximum absolute atomic E-state index is 11.9. The molecule has 1 amide bonds. The number of amides is 1.